The van der Waals surface area contributed by atoms with Crippen LogP contribution in [0.3, 0.4) is 0 Å². The molecule has 1 N–H and O–H groups in total. The number of nitrogens with one attached hydrogen (secondary N) is 1. The Hall–Kier alpha value is -2.03. The monoisotopic (exact) mass is 253 g/mol. The number of aromatic nitrogens is 1. The number of pyridine rings is 1. The number of hydrogen-bond acceptors (Lipinski definition) is 3. The van der Waals surface area contributed by atoms with Crippen molar-refractivity contribution in [3.8, 4) is 0 Å². The molecule has 1 aromatic carbocycles. The van der Waals surface area contributed by atoms with Crippen molar-refractivity contribution >= 4 is 17.1 Å². The van der Waals surface area contributed by atoms with Crippen molar-refractivity contribution in [1.29, 1.82) is 0 Å². The standard InChI is InChI=1S/C16H19N3/c1-12-7-13-5-3-4-6-16(13)19(11-12)15-8-14(17-2)9-18-10-15/h3-6,8-10,12,17H,7,11H2,1-2H3. The predicted molar refractivity (Wildman–Crippen MR) is 80.1 cm³/mol. The van der Waals surface area contributed by atoms with Crippen LogP contribution in [-0.2, 0) is 6.42 Å². The number of fused-ring (bicyclic) bond motifs is 1. The number of rotatable bonds is 2. The van der Waals surface area contributed by atoms with E-state index in [9.17, 15) is 0 Å². The Balaban J connectivity index is 2.04. The highest BCUT2D eigenvalue weighted by atomic mass is 15.2. The van der Waals surface area contributed by atoms with Gasteiger partial charge in [-0.05, 0) is 30.0 Å². The van der Waals surface area contributed by atoms with E-state index in [4.69, 9.17) is 0 Å². The van der Waals surface area contributed by atoms with E-state index >= 15 is 0 Å². The van der Waals surface area contributed by atoms with Crippen LogP contribution in [-0.4, -0.2) is 18.6 Å². The molecule has 1 aliphatic heterocycles. The summed E-state index contributed by atoms with van der Waals surface area (Å²) >= 11 is 0. The second kappa shape index (κ2) is 4.92. The number of benzene rings is 1. The van der Waals surface area contributed by atoms with Gasteiger partial charge >= 0.3 is 0 Å². The molecule has 0 saturated carbocycles. The molecule has 0 fully saturated rings. The quantitative estimate of drug-likeness (QED) is 0.888. The first kappa shape index (κ1) is 12.0. The van der Waals surface area contributed by atoms with Gasteiger partial charge in [-0.3, -0.25) is 4.98 Å². The van der Waals surface area contributed by atoms with E-state index in [1.54, 1.807) is 0 Å². The Morgan fingerprint density at radius 3 is 2.95 bits per heavy atom. The minimum Gasteiger partial charge on any atom is -0.387 e. The van der Waals surface area contributed by atoms with Crippen LogP contribution in [0.5, 0.6) is 0 Å². The topological polar surface area (TPSA) is 28.2 Å². The second-order valence-electron chi connectivity index (χ2n) is 5.23. The molecule has 0 radical (unpaired) electrons. The van der Waals surface area contributed by atoms with Gasteiger partial charge in [0, 0.05) is 19.3 Å². The SMILES string of the molecule is CNc1cncc(N2CC(C)Cc3ccccc32)c1. The average molecular weight is 253 g/mol. The number of nitrogens with zero attached hydrogens (tertiary/aromatic N) is 2. The van der Waals surface area contributed by atoms with E-state index in [1.807, 2.05) is 19.4 Å². The van der Waals surface area contributed by atoms with Crippen molar-refractivity contribution in [1.82, 2.24) is 4.98 Å². The summed E-state index contributed by atoms with van der Waals surface area (Å²) in [7, 11) is 1.92. The number of hydrogen-bond donors (Lipinski definition) is 1. The summed E-state index contributed by atoms with van der Waals surface area (Å²) in [5.41, 5.74) is 4.95. The Kier molecular flexibility index (Phi) is 3.11. The van der Waals surface area contributed by atoms with Crippen molar-refractivity contribution in [2.45, 2.75) is 13.3 Å². The number of anilines is 3. The molecule has 3 heteroatoms. The van der Waals surface area contributed by atoms with Gasteiger partial charge in [0.2, 0.25) is 0 Å². The molecule has 3 nitrogen and oxygen atoms in total. The van der Waals surface area contributed by atoms with Crippen LogP contribution in [0.4, 0.5) is 17.1 Å². The lowest BCUT2D eigenvalue weighted by Gasteiger charge is -2.34. The van der Waals surface area contributed by atoms with Gasteiger partial charge < -0.3 is 10.2 Å². The van der Waals surface area contributed by atoms with Crippen molar-refractivity contribution in [3.63, 3.8) is 0 Å². The van der Waals surface area contributed by atoms with E-state index in [2.05, 4.69) is 52.5 Å². The van der Waals surface area contributed by atoms with Crippen molar-refractivity contribution < 1.29 is 0 Å². The van der Waals surface area contributed by atoms with Gasteiger partial charge in [-0.1, -0.05) is 25.1 Å². The first-order chi connectivity index (χ1) is 9.28. The molecule has 0 saturated heterocycles. The molecule has 1 aliphatic rings. The molecular formula is C16H19N3. The lowest BCUT2D eigenvalue weighted by Crippen LogP contribution is -2.30. The van der Waals surface area contributed by atoms with Gasteiger partial charge in [-0.25, -0.2) is 0 Å². The fourth-order valence-electron chi connectivity index (χ4n) is 2.75. The summed E-state index contributed by atoms with van der Waals surface area (Å²) in [5.74, 6) is 0.660. The van der Waals surface area contributed by atoms with E-state index in [0.29, 0.717) is 5.92 Å². The smallest absolute Gasteiger partial charge is 0.0618 e. The van der Waals surface area contributed by atoms with Crippen LogP contribution in [0, 0.1) is 5.92 Å². The minimum atomic E-state index is 0.660. The van der Waals surface area contributed by atoms with E-state index in [0.717, 1.165) is 24.3 Å². The lowest BCUT2D eigenvalue weighted by molar-refractivity contribution is 0.562. The third-order valence-electron chi connectivity index (χ3n) is 3.67. The molecule has 1 unspecified atom stereocenters. The molecule has 0 spiro atoms. The molecule has 3 rings (SSSR count). The summed E-state index contributed by atoms with van der Waals surface area (Å²) < 4.78 is 0. The van der Waals surface area contributed by atoms with Crippen LogP contribution in [0.15, 0.2) is 42.7 Å². The van der Waals surface area contributed by atoms with Crippen molar-refractivity contribution in [3.05, 3.63) is 48.3 Å². The summed E-state index contributed by atoms with van der Waals surface area (Å²) in [5, 5.41) is 3.15. The van der Waals surface area contributed by atoms with E-state index in [1.165, 1.54) is 11.3 Å². The zero-order valence-corrected chi connectivity index (χ0v) is 11.4. The highest BCUT2D eigenvalue weighted by Gasteiger charge is 2.22. The zero-order chi connectivity index (χ0) is 13.2. The molecule has 0 amide bonds. The predicted octanol–water partition coefficient (Wildman–Crippen LogP) is 3.45. The zero-order valence-electron chi connectivity index (χ0n) is 11.4. The summed E-state index contributed by atoms with van der Waals surface area (Å²) in [6, 6.07) is 10.8. The highest BCUT2D eigenvalue weighted by Crippen LogP contribution is 2.35. The van der Waals surface area contributed by atoms with Crippen molar-refractivity contribution in [2.24, 2.45) is 5.92 Å². The van der Waals surface area contributed by atoms with Crippen LogP contribution >= 0.6 is 0 Å². The fraction of sp³-hybridized carbons (Fsp3) is 0.312. The van der Waals surface area contributed by atoms with Crippen molar-refractivity contribution in [2.75, 3.05) is 23.8 Å². The van der Waals surface area contributed by atoms with Gasteiger partial charge in [0.1, 0.15) is 0 Å². The Morgan fingerprint density at radius 2 is 2.11 bits per heavy atom. The van der Waals surface area contributed by atoms with E-state index < -0.39 is 0 Å². The van der Waals surface area contributed by atoms with Gasteiger partial charge in [-0.2, -0.15) is 0 Å². The summed E-state index contributed by atoms with van der Waals surface area (Å²) in [6.07, 6.45) is 4.95. The maximum atomic E-state index is 4.32. The molecule has 1 aromatic heterocycles. The van der Waals surface area contributed by atoms with Gasteiger partial charge in [0.25, 0.3) is 0 Å². The van der Waals surface area contributed by atoms with Gasteiger partial charge in [0.15, 0.2) is 0 Å². The Bertz CT molecular complexity index is 580. The molecule has 98 valence electrons. The molecule has 1 atom stereocenters. The second-order valence-corrected chi connectivity index (χ2v) is 5.23. The van der Waals surface area contributed by atoms with Crippen LogP contribution in [0.2, 0.25) is 0 Å². The average Bonchev–Trinajstić information content (AvgIpc) is 2.46. The van der Waals surface area contributed by atoms with Gasteiger partial charge in [-0.15, -0.1) is 0 Å². The molecule has 2 heterocycles. The van der Waals surface area contributed by atoms with Crippen LogP contribution in [0.1, 0.15) is 12.5 Å². The van der Waals surface area contributed by atoms with E-state index in [-0.39, 0.29) is 0 Å². The molecule has 19 heavy (non-hydrogen) atoms. The largest absolute Gasteiger partial charge is 0.387 e. The molecular weight excluding hydrogens is 234 g/mol. The maximum Gasteiger partial charge on any atom is 0.0618 e. The lowest BCUT2D eigenvalue weighted by atomic mass is 9.93. The summed E-state index contributed by atoms with van der Waals surface area (Å²) in [4.78, 5) is 6.70. The Labute approximate surface area is 114 Å². The molecule has 2 aromatic rings. The third kappa shape index (κ3) is 2.28. The summed E-state index contributed by atoms with van der Waals surface area (Å²) in [6.45, 7) is 3.35. The first-order valence-electron chi connectivity index (χ1n) is 6.76. The minimum absolute atomic E-state index is 0.660. The van der Waals surface area contributed by atoms with Gasteiger partial charge in [0.05, 0.1) is 23.8 Å². The maximum absolute atomic E-state index is 4.32. The normalized spacial score (nSPS) is 18.0. The highest BCUT2D eigenvalue weighted by molar-refractivity contribution is 5.69. The van der Waals surface area contributed by atoms with Crippen LogP contribution < -0.4 is 10.2 Å². The van der Waals surface area contributed by atoms with Crippen LogP contribution in [0.25, 0.3) is 0 Å². The number of para-hydroxylation sites is 1. The third-order valence-corrected chi connectivity index (χ3v) is 3.67. The molecule has 0 aliphatic carbocycles. The fourth-order valence-corrected chi connectivity index (χ4v) is 2.75. The Morgan fingerprint density at radius 1 is 1.26 bits per heavy atom. The molecule has 0 bridgehead atoms. The first-order valence-corrected chi connectivity index (χ1v) is 6.76.